The Labute approximate surface area is 107 Å². The van der Waals surface area contributed by atoms with Gasteiger partial charge in [-0.15, -0.1) is 0 Å². The maximum atomic E-state index is 11.0. The van der Waals surface area contributed by atoms with E-state index in [1.165, 1.54) is 0 Å². The normalized spacial score (nSPS) is 16.9. The van der Waals surface area contributed by atoms with Crippen molar-refractivity contribution in [2.45, 2.75) is 18.9 Å². The van der Waals surface area contributed by atoms with Crippen molar-refractivity contribution >= 4 is 39.2 Å². The molecule has 0 spiro atoms. The van der Waals surface area contributed by atoms with Crippen LogP contribution in [0.2, 0.25) is 5.02 Å². The third-order valence-electron chi connectivity index (χ3n) is 2.60. The van der Waals surface area contributed by atoms with Gasteiger partial charge in [0.2, 0.25) is 0 Å². The van der Waals surface area contributed by atoms with Crippen molar-refractivity contribution in [2.75, 3.05) is 5.32 Å². The number of carbonyl (C=O) groups is 1. The molecular weight excluding hydrogens is 293 g/mol. The fourth-order valence-corrected chi connectivity index (χ4v) is 2.31. The minimum absolute atomic E-state index is 0.234. The van der Waals surface area contributed by atoms with Crippen LogP contribution < -0.4 is 5.32 Å². The lowest BCUT2D eigenvalue weighted by atomic mass is 10.1. The number of aliphatic carboxylic acids is 1. The van der Waals surface area contributed by atoms with Crippen LogP contribution in [0.5, 0.6) is 0 Å². The van der Waals surface area contributed by atoms with Crippen molar-refractivity contribution < 1.29 is 9.90 Å². The third kappa shape index (κ3) is 2.68. The molecular formula is C11H11BrClNO2. The Morgan fingerprint density at radius 1 is 1.56 bits per heavy atom. The molecule has 1 unspecified atom stereocenters. The largest absolute Gasteiger partial charge is 0.480 e. The fourth-order valence-electron chi connectivity index (χ4n) is 1.58. The lowest BCUT2D eigenvalue weighted by molar-refractivity contribution is -0.138. The maximum absolute atomic E-state index is 11.0. The highest BCUT2D eigenvalue weighted by atomic mass is 79.9. The first-order chi connectivity index (χ1) is 7.58. The summed E-state index contributed by atoms with van der Waals surface area (Å²) in [6.45, 7) is 0. The predicted octanol–water partition coefficient (Wildman–Crippen LogP) is 3.38. The van der Waals surface area contributed by atoms with Crippen molar-refractivity contribution in [3.05, 3.63) is 27.7 Å². The predicted molar refractivity (Wildman–Crippen MR) is 66.9 cm³/mol. The molecule has 5 heteroatoms. The zero-order valence-electron chi connectivity index (χ0n) is 8.41. The Morgan fingerprint density at radius 3 is 2.75 bits per heavy atom. The van der Waals surface area contributed by atoms with Gasteiger partial charge in [-0.25, -0.2) is 4.79 Å². The van der Waals surface area contributed by atoms with E-state index < -0.39 is 12.0 Å². The molecule has 3 nitrogen and oxygen atoms in total. The molecule has 1 aliphatic rings. The summed E-state index contributed by atoms with van der Waals surface area (Å²) in [5, 5.41) is 12.6. The Bertz CT molecular complexity index is 420. The van der Waals surface area contributed by atoms with Gasteiger partial charge < -0.3 is 10.4 Å². The molecule has 0 aromatic heterocycles. The minimum atomic E-state index is -0.818. The van der Waals surface area contributed by atoms with E-state index in [-0.39, 0.29) is 5.92 Å². The second-order valence-corrected chi connectivity index (χ2v) is 5.24. The Kier molecular flexibility index (Phi) is 3.40. The SMILES string of the molecule is O=C(O)C(Nc1ccc(Br)cc1Cl)C1CC1. The van der Waals surface area contributed by atoms with Crippen LogP contribution in [-0.2, 0) is 4.79 Å². The first-order valence-electron chi connectivity index (χ1n) is 5.02. The molecule has 1 fully saturated rings. The van der Waals surface area contributed by atoms with Gasteiger partial charge in [0.25, 0.3) is 0 Å². The van der Waals surface area contributed by atoms with Crippen LogP contribution in [0, 0.1) is 5.92 Å². The lowest BCUT2D eigenvalue weighted by Gasteiger charge is -2.16. The molecule has 2 rings (SSSR count). The average molecular weight is 305 g/mol. The number of nitrogens with one attached hydrogen (secondary N) is 1. The van der Waals surface area contributed by atoms with Gasteiger partial charge in [0.1, 0.15) is 6.04 Å². The van der Waals surface area contributed by atoms with Gasteiger partial charge in [0.15, 0.2) is 0 Å². The Morgan fingerprint density at radius 2 is 2.25 bits per heavy atom. The smallest absolute Gasteiger partial charge is 0.326 e. The lowest BCUT2D eigenvalue weighted by Crippen LogP contribution is -2.31. The van der Waals surface area contributed by atoms with E-state index in [1.807, 2.05) is 6.07 Å². The second kappa shape index (κ2) is 4.63. The van der Waals surface area contributed by atoms with Crippen molar-refractivity contribution in [1.82, 2.24) is 0 Å². The first kappa shape index (κ1) is 11.7. The number of carboxylic acid groups (broad SMARTS) is 1. The highest BCUT2D eigenvalue weighted by Crippen LogP contribution is 2.36. The van der Waals surface area contributed by atoms with Gasteiger partial charge in [-0.2, -0.15) is 0 Å². The molecule has 1 aromatic carbocycles. The summed E-state index contributed by atoms with van der Waals surface area (Å²) in [5.74, 6) is -0.585. The minimum Gasteiger partial charge on any atom is -0.480 e. The summed E-state index contributed by atoms with van der Waals surface area (Å²) in [5.41, 5.74) is 0.671. The molecule has 0 amide bonds. The van der Waals surface area contributed by atoms with E-state index in [1.54, 1.807) is 12.1 Å². The van der Waals surface area contributed by atoms with Gasteiger partial charge in [-0.05, 0) is 37.0 Å². The summed E-state index contributed by atoms with van der Waals surface area (Å²) in [7, 11) is 0. The molecule has 0 radical (unpaired) electrons. The van der Waals surface area contributed by atoms with E-state index in [4.69, 9.17) is 16.7 Å². The zero-order valence-corrected chi connectivity index (χ0v) is 10.8. The van der Waals surface area contributed by atoms with Crippen LogP contribution in [-0.4, -0.2) is 17.1 Å². The Hall–Kier alpha value is -0.740. The zero-order chi connectivity index (χ0) is 11.7. The molecule has 1 aromatic rings. The number of anilines is 1. The average Bonchev–Trinajstić information content (AvgIpc) is 2.99. The molecule has 0 heterocycles. The molecule has 86 valence electrons. The molecule has 1 aliphatic carbocycles. The van der Waals surface area contributed by atoms with E-state index in [0.29, 0.717) is 10.7 Å². The van der Waals surface area contributed by atoms with Crippen molar-refractivity contribution in [3.63, 3.8) is 0 Å². The molecule has 0 saturated heterocycles. The summed E-state index contributed by atoms with van der Waals surface area (Å²) < 4.78 is 0.876. The van der Waals surface area contributed by atoms with Crippen LogP contribution >= 0.6 is 27.5 Å². The molecule has 1 saturated carbocycles. The molecule has 2 N–H and O–H groups in total. The van der Waals surface area contributed by atoms with E-state index >= 15 is 0 Å². The number of halogens is 2. The number of hydrogen-bond donors (Lipinski definition) is 2. The molecule has 0 aliphatic heterocycles. The number of rotatable bonds is 4. The maximum Gasteiger partial charge on any atom is 0.326 e. The molecule has 1 atom stereocenters. The number of carboxylic acids is 1. The first-order valence-corrected chi connectivity index (χ1v) is 6.19. The number of hydrogen-bond acceptors (Lipinski definition) is 2. The van der Waals surface area contributed by atoms with Crippen LogP contribution in [0.25, 0.3) is 0 Å². The van der Waals surface area contributed by atoms with Gasteiger partial charge >= 0.3 is 5.97 Å². The van der Waals surface area contributed by atoms with Gasteiger partial charge in [-0.1, -0.05) is 27.5 Å². The van der Waals surface area contributed by atoms with Crippen molar-refractivity contribution in [1.29, 1.82) is 0 Å². The van der Waals surface area contributed by atoms with Gasteiger partial charge in [-0.3, -0.25) is 0 Å². The van der Waals surface area contributed by atoms with Gasteiger partial charge in [0, 0.05) is 4.47 Å². The van der Waals surface area contributed by atoms with Crippen LogP contribution in [0.15, 0.2) is 22.7 Å². The summed E-state index contributed by atoms with van der Waals surface area (Å²) in [6.07, 6.45) is 1.94. The van der Waals surface area contributed by atoms with Crippen LogP contribution in [0.4, 0.5) is 5.69 Å². The van der Waals surface area contributed by atoms with Crippen molar-refractivity contribution in [2.24, 2.45) is 5.92 Å². The Balaban J connectivity index is 2.15. The highest BCUT2D eigenvalue weighted by Gasteiger charge is 2.36. The highest BCUT2D eigenvalue weighted by molar-refractivity contribution is 9.10. The summed E-state index contributed by atoms with van der Waals surface area (Å²) in [4.78, 5) is 11.0. The third-order valence-corrected chi connectivity index (χ3v) is 3.41. The van der Waals surface area contributed by atoms with Crippen molar-refractivity contribution in [3.8, 4) is 0 Å². The topological polar surface area (TPSA) is 49.3 Å². The van der Waals surface area contributed by atoms with Crippen LogP contribution in [0.1, 0.15) is 12.8 Å². The van der Waals surface area contributed by atoms with E-state index in [2.05, 4.69) is 21.2 Å². The quantitative estimate of drug-likeness (QED) is 0.896. The fraction of sp³-hybridized carbons (Fsp3) is 0.364. The van der Waals surface area contributed by atoms with Gasteiger partial charge in [0.05, 0.1) is 10.7 Å². The number of benzene rings is 1. The summed E-state index contributed by atoms with van der Waals surface area (Å²) >= 11 is 9.32. The molecule has 0 bridgehead atoms. The molecule has 16 heavy (non-hydrogen) atoms. The van der Waals surface area contributed by atoms with Crippen LogP contribution in [0.3, 0.4) is 0 Å². The second-order valence-electron chi connectivity index (χ2n) is 3.92. The standard InChI is InChI=1S/C11H11BrClNO2/c12-7-3-4-9(8(13)5-7)14-10(11(15)16)6-1-2-6/h3-6,10,14H,1-2H2,(H,15,16). The van der Waals surface area contributed by atoms with E-state index in [9.17, 15) is 4.79 Å². The monoisotopic (exact) mass is 303 g/mol. The van der Waals surface area contributed by atoms with E-state index in [0.717, 1.165) is 17.3 Å². The summed E-state index contributed by atoms with van der Waals surface area (Å²) in [6, 6.07) is 4.83.